The van der Waals surface area contributed by atoms with Crippen molar-refractivity contribution in [2.24, 2.45) is 0 Å². The molecule has 1 aromatic rings. The van der Waals surface area contributed by atoms with Crippen molar-refractivity contribution in [2.75, 3.05) is 44.2 Å². The average Bonchev–Trinajstić information content (AvgIpc) is 2.40. The third kappa shape index (κ3) is 4.22. The maximum atomic E-state index is 3.56. The minimum absolute atomic E-state index is 0.212. The average molecular weight is 261 g/mol. The zero-order valence-electron chi connectivity index (χ0n) is 12.5. The van der Waals surface area contributed by atoms with Crippen molar-refractivity contribution in [3.63, 3.8) is 0 Å². The van der Waals surface area contributed by atoms with Gasteiger partial charge in [0.25, 0.3) is 0 Å². The summed E-state index contributed by atoms with van der Waals surface area (Å²) in [7, 11) is 0. The standard InChI is InChI=1S/C16H27N3/c1-4-17-16(2,3)14-18-10-12-19(13-11-18)15-8-6-5-7-9-15/h5-9,17H,4,10-14H2,1-3H3. The summed E-state index contributed by atoms with van der Waals surface area (Å²) in [6.07, 6.45) is 0. The van der Waals surface area contributed by atoms with E-state index in [1.165, 1.54) is 5.69 Å². The molecule has 1 saturated heterocycles. The van der Waals surface area contributed by atoms with Gasteiger partial charge in [-0.3, -0.25) is 4.90 Å². The SMILES string of the molecule is CCNC(C)(C)CN1CCN(c2ccccc2)CC1. The van der Waals surface area contributed by atoms with Crippen LogP contribution in [-0.2, 0) is 0 Å². The minimum Gasteiger partial charge on any atom is -0.369 e. The van der Waals surface area contributed by atoms with Gasteiger partial charge in [0.2, 0.25) is 0 Å². The van der Waals surface area contributed by atoms with Gasteiger partial charge in [-0.15, -0.1) is 0 Å². The van der Waals surface area contributed by atoms with Gasteiger partial charge in [0.1, 0.15) is 0 Å². The molecule has 0 bridgehead atoms. The third-order valence-corrected chi connectivity index (χ3v) is 3.77. The third-order valence-electron chi connectivity index (χ3n) is 3.77. The fourth-order valence-corrected chi connectivity index (χ4v) is 2.90. The van der Waals surface area contributed by atoms with Crippen molar-refractivity contribution in [3.05, 3.63) is 30.3 Å². The molecule has 3 heteroatoms. The van der Waals surface area contributed by atoms with Gasteiger partial charge in [-0.2, -0.15) is 0 Å². The molecule has 19 heavy (non-hydrogen) atoms. The van der Waals surface area contributed by atoms with Crippen LogP contribution in [0.4, 0.5) is 5.69 Å². The Morgan fingerprint density at radius 2 is 1.68 bits per heavy atom. The maximum absolute atomic E-state index is 3.56. The summed E-state index contributed by atoms with van der Waals surface area (Å²) in [5, 5.41) is 3.56. The normalized spacial score (nSPS) is 17.7. The van der Waals surface area contributed by atoms with E-state index in [-0.39, 0.29) is 5.54 Å². The van der Waals surface area contributed by atoms with Crippen molar-refractivity contribution in [3.8, 4) is 0 Å². The molecular formula is C16H27N3. The highest BCUT2D eigenvalue weighted by atomic mass is 15.3. The number of benzene rings is 1. The molecule has 1 aliphatic rings. The summed E-state index contributed by atoms with van der Waals surface area (Å²) in [4.78, 5) is 5.05. The zero-order valence-corrected chi connectivity index (χ0v) is 12.5. The Labute approximate surface area is 117 Å². The maximum Gasteiger partial charge on any atom is 0.0367 e. The quantitative estimate of drug-likeness (QED) is 0.876. The lowest BCUT2D eigenvalue weighted by atomic mass is 10.0. The van der Waals surface area contributed by atoms with Gasteiger partial charge in [-0.05, 0) is 32.5 Å². The predicted molar refractivity (Wildman–Crippen MR) is 82.9 cm³/mol. The Hall–Kier alpha value is -1.06. The van der Waals surface area contributed by atoms with Crippen LogP contribution in [0.3, 0.4) is 0 Å². The number of likely N-dealkylation sites (N-methyl/N-ethyl adjacent to an activating group) is 1. The molecule has 0 aliphatic carbocycles. The van der Waals surface area contributed by atoms with Crippen molar-refractivity contribution in [1.82, 2.24) is 10.2 Å². The highest BCUT2D eigenvalue weighted by Gasteiger charge is 2.23. The lowest BCUT2D eigenvalue weighted by molar-refractivity contribution is 0.193. The van der Waals surface area contributed by atoms with Gasteiger partial charge >= 0.3 is 0 Å². The topological polar surface area (TPSA) is 18.5 Å². The van der Waals surface area contributed by atoms with E-state index >= 15 is 0 Å². The summed E-state index contributed by atoms with van der Waals surface area (Å²) in [6.45, 7) is 13.5. The first-order valence-electron chi connectivity index (χ1n) is 7.38. The molecule has 1 aliphatic heterocycles. The molecule has 0 aromatic heterocycles. The summed E-state index contributed by atoms with van der Waals surface area (Å²) in [5.41, 5.74) is 1.57. The van der Waals surface area contributed by atoms with E-state index in [4.69, 9.17) is 0 Å². The molecule has 0 amide bonds. The first-order valence-corrected chi connectivity index (χ1v) is 7.38. The molecule has 0 atom stereocenters. The number of hydrogen-bond donors (Lipinski definition) is 1. The molecule has 2 rings (SSSR count). The molecule has 3 nitrogen and oxygen atoms in total. The largest absolute Gasteiger partial charge is 0.369 e. The van der Waals surface area contributed by atoms with Crippen LogP contribution in [0.5, 0.6) is 0 Å². The monoisotopic (exact) mass is 261 g/mol. The number of hydrogen-bond acceptors (Lipinski definition) is 3. The number of piperazine rings is 1. The van der Waals surface area contributed by atoms with Gasteiger partial charge in [-0.1, -0.05) is 25.1 Å². The molecule has 0 unspecified atom stereocenters. The van der Waals surface area contributed by atoms with Crippen molar-refractivity contribution in [2.45, 2.75) is 26.3 Å². The molecule has 0 spiro atoms. The Balaban J connectivity index is 1.83. The van der Waals surface area contributed by atoms with Crippen LogP contribution in [0.2, 0.25) is 0 Å². The van der Waals surface area contributed by atoms with E-state index < -0.39 is 0 Å². The summed E-state index contributed by atoms with van der Waals surface area (Å²) < 4.78 is 0. The van der Waals surface area contributed by atoms with E-state index in [9.17, 15) is 0 Å². The Kier molecular flexibility index (Phi) is 4.83. The Morgan fingerprint density at radius 3 is 2.26 bits per heavy atom. The number of rotatable bonds is 5. The second-order valence-corrected chi connectivity index (χ2v) is 6.01. The fourth-order valence-electron chi connectivity index (χ4n) is 2.90. The predicted octanol–water partition coefficient (Wildman–Crippen LogP) is 2.20. The molecule has 1 N–H and O–H groups in total. The van der Waals surface area contributed by atoms with Crippen LogP contribution in [0.1, 0.15) is 20.8 Å². The second-order valence-electron chi connectivity index (χ2n) is 6.01. The van der Waals surface area contributed by atoms with Crippen LogP contribution in [0, 0.1) is 0 Å². The Bertz CT molecular complexity index is 367. The number of anilines is 1. The van der Waals surface area contributed by atoms with Crippen LogP contribution in [-0.4, -0.2) is 49.7 Å². The molecular weight excluding hydrogens is 234 g/mol. The van der Waals surface area contributed by atoms with Gasteiger partial charge in [0.05, 0.1) is 0 Å². The first-order chi connectivity index (χ1) is 9.11. The van der Waals surface area contributed by atoms with Crippen LogP contribution in [0.15, 0.2) is 30.3 Å². The van der Waals surface area contributed by atoms with Crippen LogP contribution in [0.25, 0.3) is 0 Å². The van der Waals surface area contributed by atoms with Crippen LogP contribution < -0.4 is 10.2 Å². The Morgan fingerprint density at radius 1 is 1.05 bits per heavy atom. The molecule has 1 fully saturated rings. The van der Waals surface area contributed by atoms with E-state index in [1.807, 2.05) is 0 Å². The van der Waals surface area contributed by atoms with E-state index in [1.54, 1.807) is 0 Å². The molecule has 1 heterocycles. The lowest BCUT2D eigenvalue weighted by Gasteiger charge is -2.40. The van der Waals surface area contributed by atoms with Crippen molar-refractivity contribution in [1.29, 1.82) is 0 Å². The van der Waals surface area contributed by atoms with Crippen LogP contribution >= 0.6 is 0 Å². The zero-order chi connectivity index (χ0) is 13.7. The number of para-hydroxylation sites is 1. The first kappa shape index (κ1) is 14.4. The number of nitrogens with zero attached hydrogens (tertiary/aromatic N) is 2. The van der Waals surface area contributed by atoms with E-state index in [2.05, 4.69) is 66.2 Å². The van der Waals surface area contributed by atoms with Crippen molar-refractivity contribution >= 4 is 5.69 Å². The second kappa shape index (κ2) is 6.40. The highest BCUT2D eigenvalue weighted by Crippen LogP contribution is 2.16. The van der Waals surface area contributed by atoms with Gasteiger partial charge in [-0.25, -0.2) is 0 Å². The minimum atomic E-state index is 0.212. The number of nitrogens with one attached hydrogen (secondary N) is 1. The molecule has 1 aromatic carbocycles. The summed E-state index contributed by atoms with van der Waals surface area (Å²) >= 11 is 0. The van der Waals surface area contributed by atoms with E-state index in [0.29, 0.717) is 0 Å². The van der Waals surface area contributed by atoms with E-state index in [0.717, 1.165) is 39.3 Å². The highest BCUT2D eigenvalue weighted by molar-refractivity contribution is 5.46. The smallest absolute Gasteiger partial charge is 0.0367 e. The molecule has 0 radical (unpaired) electrons. The summed E-state index contributed by atoms with van der Waals surface area (Å²) in [5.74, 6) is 0. The van der Waals surface area contributed by atoms with Gasteiger partial charge in [0.15, 0.2) is 0 Å². The summed E-state index contributed by atoms with van der Waals surface area (Å²) in [6, 6.07) is 10.7. The van der Waals surface area contributed by atoms with Gasteiger partial charge in [0, 0.05) is 44.0 Å². The molecule has 106 valence electrons. The van der Waals surface area contributed by atoms with Gasteiger partial charge < -0.3 is 10.2 Å². The lowest BCUT2D eigenvalue weighted by Crippen LogP contribution is -2.54. The van der Waals surface area contributed by atoms with Crippen molar-refractivity contribution < 1.29 is 0 Å². The molecule has 0 saturated carbocycles. The fraction of sp³-hybridized carbons (Fsp3) is 0.625.